The maximum Gasteiger partial charge on any atom is 0.317 e. The van der Waals surface area contributed by atoms with Gasteiger partial charge in [-0.2, -0.15) is 0 Å². The molecule has 2 atom stereocenters. The van der Waals surface area contributed by atoms with E-state index in [1.807, 2.05) is 22.0 Å². The van der Waals surface area contributed by atoms with Crippen LogP contribution in [0.3, 0.4) is 0 Å². The molecule has 3 N–H and O–H groups in total. The molecule has 2 fully saturated rings. The maximum atomic E-state index is 13.8. The highest BCUT2D eigenvalue weighted by Gasteiger charge is 2.42. The van der Waals surface area contributed by atoms with Crippen LogP contribution in [-0.4, -0.2) is 83.1 Å². The Labute approximate surface area is 235 Å². The first-order chi connectivity index (χ1) is 18.5. The van der Waals surface area contributed by atoms with Crippen molar-refractivity contribution < 1.29 is 29.0 Å². The van der Waals surface area contributed by atoms with Gasteiger partial charge in [-0.3, -0.25) is 29.9 Å². The molecular formula is C28H41ClN4O6. The molecule has 3 rings (SSSR count). The van der Waals surface area contributed by atoms with Crippen LogP contribution in [-0.2, 0) is 30.3 Å². The molecule has 1 aromatic carbocycles. The minimum Gasteiger partial charge on any atom is -0.480 e. The number of carboxylic acids is 1. The molecule has 0 aromatic heterocycles. The summed E-state index contributed by atoms with van der Waals surface area (Å²) in [7, 11) is 0. The Hall–Kier alpha value is -2.69. The Morgan fingerprint density at radius 3 is 2.38 bits per heavy atom. The van der Waals surface area contributed by atoms with Crippen molar-refractivity contribution in [2.75, 3.05) is 26.2 Å². The number of halogens is 1. The number of nitrogens with zero attached hydrogens (tertiary/aromatic N) is 2. The van der Waals surface area contributed by atoms with Crippen molar-refractivity contribution in [1.82, 2.24) is 20.7 Å². The second-order valence-electron chi connectivity index (χ2n) is 11.2. The first-order valence-corrected chi connectivity index (χ1v) is 14.1. The zero-order valence-corrected chi connectivity index (χ0v) is 23.8. The van der Waals surface area contributed by atoms with Gasteiger partial charge in [0, 0.05) is 37.1 Å². The molecule has 1 heterocycles. The quantitative estimate of drug-likeness (QED) is 0.331. The SMILES string of the molecule is CC(=O)OCC(C)(C)C(=O)N(C1CCCCC1)[C@H]1CCN(NC(=O)[C@@H](Cc2ccc(Cl)cc2)NCC(=O)O)C1. The zero-order valence-electron chi connectivity index (χ0n) is 23.1. The Morgan fingerprint density at radius 1 is 1.10 bits per heavy atom. The van der Waals surface area contributed by atoms with Crippen molar-refractivity contribution in [3.8, 4) is 0 Å². The summed E-state index contributed by atoms with van der Waals surface area (Å²) in [6.45, 7) is 5.63. The van der Waals surface area contributed by atoms with Crippen LogP contribution in [0.1, 0.15) is 64.9 Å². The summed E-state index contributed by atoms with van der Waals surface area (Å²) < 4.78 is 5.21. The van der Waals surface area contributed by atoms with E-state index in [2.05, 4.69) is 10.7 Å². The average molecular weight is 565 g/mol. The molecule has 0 unspecified atom stereocenters. The highest BCUT2D eigenvalue weighted by Crippen LogP contribution is 2.32. The van der Waals surface area contributed by atoms with Gasteiger partial charge in [-0.1, -0.05) is 43.0 Å². The minimum atomic E-state index is -1.05. The molecule has 0 radical (unpaired) electrons. The number of hydrazine groups is 1. The number of aliphatic carboxylic acids is 1. The fourth-order valence-electron chi connectivity index (χ4n) is 5.31. The highest BCUT2D eigenvalue weighted by atomic mass is 35.5. The molecule has 2 aliphatic rings. The number of carbonyl (C=O) groups is 4. The highest BCUT2D eigenvalue weighted by molar-refractivity contribution is 6.30. The van der Waals surface area contributed by atoms with E-state index >= 15 is 0 Å². The van der Waals surface area contributed by atoms with Gasteiger partial charge >= 0.3 is 11.9 Å². The Morgan fingerprint density at radius 2 is 1.77 bits per heavy atom. The van der Waals surface area contributed by atoms with E-state index in [9.17, 15) is 19.2 Å². The predicted molar refractivity (Wildman–Crippen MR) is 147 cm³/mol. The third kappa shape index (κ3) is 9.19. The van der Waals surface area contributed by atoms with Crippen molar-refractivity contribution in [2.45, 2.75) is 83.8 Å². The standard InChI is InChI=1S/C28H41ClN4O6/c1-19(34)39-18-28(2,3)27(38)33(22-7-5-4-6-8-22)23-13-14-32(17-23)31-26(37)24(30-16-25(35)36)15-20-9-11-21(29)12-10-20/h9-12,22-24,30H,4-8,13-18H2,1-3H3,(H,31,37)(H,35,36)/t23-,24+/m0/s1. The lowest BCUT2D eigenvalue weighted by Gasteiger charge is -2.42. The molecule has 1 saturated heterocycles. The predicted octanol–water partition coefficient (Wildman–Crippen LogP) is 2.78. The van der Waals surface area contributed by atoms with Crippen LogP contribution in [0, 0.1) is 5.41 Å². The van der Waals surface area contributed by atoms with E-state index in [4.69, 9.17) is 21.4 Å². The maximum absolute atomic E-state index is 13.8. The van der Waals surface area contributed by atoms with Crippen LogP contribution in [0.15, 0.2) is 24.3 Å². The van der Waals surface area contributed by atoms with Crippen LogP contribution in [0.25, 0.3) is 0 Å². The number of benzene rings is 1. The number of carboxylic acid groups (broad SMARTS) is 1. The van der Waals surface area contributed by atoms with Crippen LogP contribution >= 0.6 is 11.6 Å². The number of ether oxygens (including phenoxy) is 1. The van der Waals surface area contributed by atoms with Gasteiger partial charge in [-0.05, 0) is 57.2 Å². The van der Waals surface area contributed by atoms with Gasteiger partial charge in [0.25, 0.3) is 5.91 Å². The lowest BCUT2D eigenvalue weighted by molar-refractivity contribution is -0.155. The van der Waals surface area contributed by atoms with Gasteiger partial charge in [-0.25, -0.2) is 5.01 Å². The van der Waals surface area contributed by atoms with Gasteiger partial charge < -0.3 is 14.7 Å². The van der Waals surface area contributed by atoms with E-state index < -0.39 is 23.4 Å². The van der Waals surface area contributed by atoms with Crippen LogP contribution in [0.2, 0.25) is 5.02 Å². The van der Waals surface area contributed by atoms with E-state index in [1.54, 1.807) is 26.0 Å². The van der Waals surface area contributed by atoms with Gasteiger partial charge in [-0.15, -0.1) is 0 Å². The van der Waals surface area contributed by atoms with E-state index in [1.165, 1.54) is 6.92 Å². The summed E-state index contributed by atoms with van der Waals surface area (Å²) in [5.41, 5.74) is 2.92. The smallest absolute Gasteiger partial charge is 0.317 e. The summed E-state index contributed by atoms with van der Waals surface area (Å²) in [6, 6.07) is 6.32. The summed E-state index contributed by atoms with van der Waals surface area (Å²) in [5, 5.41) is 14.4. The van der Waals surface area contributed by atoms with Gasteiger partial charge in [0.2, 0.25) is 5.91 Å². The van der Waals surface area contributed by atoms with Crippen molar-refractivity contribution in [1.29, 1.82) is 0 Å². The van der Waals surface area contributed by atoms with Gasteiger partial charge in [0.05, 0.1) is 18.0 Å². The lowest BCUT2D eigenvalue weighted by atomic mass is 9.87. The van der Waals surface area contributed by atoms with Crippen molar-refractivity contribution in [3.63, 3.8) is 0 Å². The Kier molecular flexibility index (Phi) is 11.1. The van der Waals surface area contributed by atoms with Gasteiger partial charge in [0.15, 0.2) is 0 Å². The molecular weight excluding hydrogens is 524 g/mol. The molecule has 216 valence electrons. The Balaban J connectivity index is 1.69. The zero-order chi connectivity index (χ0) is 28.6. The second-order valence-corrected chi connectivity index (χ2v) is 11.6. The lowest BCUT2D eigenvalue weighted by Crippen LogP contribution is -2.56. The third-order valence-corrected chi connectivity index (χ3v) is 7.66. The molecule has 10 nitrogen and oxygen atoms in total. The molecule has 1 saturated carbocycles. The minimum absolute atomic E-state index is 0.0131. The molecule has 1 aromatic rings. The first-order valence-electron chi connectivity index (χ1n) is 13.7. The van der Waals surface area contributed by atoms with Crippen LogP contribution < -0.4 is 10.7 Å². The number of carbonyl (C=O) groups excluding carboxylic acids is 3. The normalized spacial score (nSPS) is 19.3. The molecule has 11 heteroatoms. The first kappa shape index (κ1) is 30.8. The summed E-state index contributed by atoms with van der Waals surface area (Å²) >= 11 is 5.97. The number of hydrogen-bond donors (Lipinski definition) is 3. The monoisotopic (exact) mass is 564 g/mol. The second kappa shape index (κ2) is 14.1. The number of nitrogens with one attached hydrogen (secondary N) is 2. The van der Waals surface area contributed by atoms with Crippen molar-refractivity contribution in [2.24, 2.45) is 5.41 Å². The van der Waals surface area contributed by atoms with E-state index in [0.29, 0.717) is 31.0 Å². The molecule has 1 aliphatic heterocycles. The summed E-state index contributed by atoms with van der Waals surface area (Å²) in [6.07, 6.45) is 6.13. The molecule has 39 heavy (non-hydrogen) atoms. The molecule has 1 aliphatic carbocycles. The van der Waals surface area contributed by atoms with Crippen LogP contribution in [0.4, 0.5) is 0 Å². The molecule has 0 spiro atoms. The third-order valence-electron chi connectivity index (χ3n) is 7.41. The van der Waals surface area contributed by atoms with Crippen molar-refractivity contribution >= 4 is 35.4 Å². The Bertz CT molecular complexity index is 1010. The van der Waals surface area contributed by atoms with E-state index in [-0.39, 0.29) is 37.0 Å². The number of rotatable bonds is 12. The number of esters is 1. The van der Waals surface area contributed by atoms with E-state index in [0.717, 1.165) is 37.7 Å². The molecule has 2 amide bonds. The van der Waals surface area contributed by atoms with Crippen LogP contribution in [0.5, 0.6) is 0 Å². The molecule has 0 bridgehead atoms. The topological polar surface area (TPSA) is 128 Å². The fourth-order valence-corrected chi connectivity index (χ4v) is 5.44. The van der Waals surface area contributed by atoms with Gasteiger partial charge in [0.1, 0.15) is 6.61 Å². The largest absolute Gasteiger partial charge is 0.480 e. The summed E-state index contributed by atoms with van der Waals surface area (Å²) in [5.74, 6) is -1.85. The fraction of sp³-hybridized carbons (Fsp3) is 0.643. The number of hydrogen-bond acceptors (Lipinski definition) is 7. The summed E-state index contributed by atoms with van der Waals surface area (Å²) in [4.78, 5) is 51.7. The number of amides is 2. The average Bonchev–Trinajstić information content (AvgIpc) is 3.34. The van der Waals surface area contributed by atoms with Crippen molar-refractivity contribution in [3.05, 3.63) is 34.9 Å².